The van der Waals surface area contributed by atoms with Crippen LogP contribution in [0.1, 0.15) is 25.3 Å². The molecule has 0 bridgehead atoms. The van der Waals surface area contributed by atoms with Gasteiger partial charge >= 0.3 is 0 Å². The highest BCUT2D eigenvalue weighted by molar-refractivity contribution is 5.94. The summed E-state index contributed by atoms with van der Waals surface area (Å²) in [7, 11) is 2.00. The van der Waals surface area contributed by atoms with Gasteiger partial charge in [0, 0.05) is 39.0 Å². The maximum Gasteiger partial charge on any atom is 0.243 e. The minimum Gasteiger partial charge on any atom is -0.347 e. The van der Waals surface area contributed by atoms with Crippen molar-refractivity contribution >= 4 is 23.4 Å². The Balaban J connectivity index is 2.00. The van der Waals surface area contributed by atoms with Crippen LogP contribution in [-0.4, -0.2) is 73.3 Å². The molecular formula is C19H28FN5O3. The Labute approximate surface area is 164 Å². The monoisotopic (exact) mass is 393 g/mol. The van der Waals surface area contributed by atoms with Crippen molar-refractivity contribution < 1.29 is 18.8 Å². The Kier molecular flexibility index (Phi) is 7.47. The largest absolute Gasteiger partial charge is 0.347 e. The number of anilines is 1. The second kappa shape index (κ2) is 9.61. The first kappa shape index (κ1) is 21.8. The minimum atomic E-state index is -0.775. The van der Waals surface area contributed by atoms with Gasteiger partial charge in [0.15, 0.2) is 0 Å². The van der Waals surface area contributed by atoms with Crippen LogP contribution in [0.5, 0.6) is 0 Å². The van der Waals surface area contributed by atoms with Crippen LogP contribution in [0.25, 0.3) is 0 Å². The lowest BCUT2D eigenvalue weighted by atomic mass is 9.92. The van der Waals surface area contributed by atoms with Gasteiger partial charge in [0.05, 0.1) is 18.3 Å². The number of carbonyl (C=O) groups excluding carboxylic acids is 3. The third-order valence-electron chi connectivity index (χ3n) is 4.93. The maximum atomic E-state index is 14.4. The average Bonchev–Trinajstić information content (AvgIpc) is 2.66. The summed E-state index contributed by atoms with van der Waals surface area (Å²) in [5.41, 5.74) is 6.74. The molecule has 1 heterocycles. The number of likely N-dealkylation sites (N-methyl/N-ethyl adjacent to an activating group) is 1. The van der Waals surface area contributed by atoms with E-state index in [-0.39, 0.29) is 30.0 Å². The fraction of sp³-hybridized carbons (Fsp3) is 0.526. The molecule has 2 atom stereocenters. The van der Waals surface area contributed by atoms with E-state index in [2.05, 4.69) is 15.5 Å². The fourth-order valence-corrected chi connectivity index (χ4v) is 2.97. The summed E-state index contributed by atoms with van der Waals surface area (Å²) in [6.07, 6.45) is 0. The second-order valence-corrected chi connectivity index (χ2v) is 7.14. The molecule has 1 aliphatic rings. The van der Waals surface area contributed by atoms with Crippen LogP contribution in [0.3, 0.4) is 0 Å². The van der Waals surface area contributed by atoms with Gasteiger partial charge in [-0.2, -0.15) is 0 Å². The molecule has 0 spiro atoms. The Morgan fingerprint density at radius 3 is 2.43 bits per heavy atom. The molecule has 8 nitrogen and oxygen atoms in total. The number of halogens is 1. The van der Waals surface area contributed by atoms with Crippen LogP contribution in [0.2, 0.25) is 0 Å². The van der Waals surface area contributed by atoms with Gasteiger partial charge in [-0.05, 0) is 24.7 Å². The van der Waals surface area contributed by atoms with Crippen LogP contribution in [0, 0.1) is 5.82 Å². The van der Waals surface area contributed by atoms with Gasteiger partial charge in [-0.15, -0.1) is 0 Å². The molecule has 154 valence electrons. The summed E-state index contributed by atoms with van der Waals surface area (Å²) in [6, 6.07) is 3.57. The molecule has 3 amide bonds. The van der Waals surface area contributed by atoms with Gasteiger partial charge in [0.2, 0.25) is 17.7 Å². The molecule has 0 aliphatic carbocycles. The summed E-state index contributed by atoms with van der Waals surface area (Å²) in [6.45, 7) is 5.69. The zero-order valence-corrected chi connectivity index (χ0v) is 16.5. The Morgan fingerprint density at radius 1 is 1.21 bits per heavy atom. The van der Waals surface area contributed by atoms with Crippen molar-refractivity contribution in [3.05, 3.63) is 29.6 Å². The Hall–Kier alpha value is -2.52. The van der Waals surface area contributed by atoms with Gasteiger partial charge in [-0.25, -0.2) is 4.39 Å². The number of amides is 3. The van der Waals surface area contributed by atoms with Crippen molar-refractivity contribution in [3.63, 3.8) is 0 Å². The van der Waals surface area contributed by atoms with Crippen LogP contribution < -0.4 is 16.4 Å². The van der Waals surface area contributed by atoms with E-state index in [9.17, 15) is 18.8 Å². The molecule has 1 aromatic rings. The normalized spacial score (nSPS) is 17.0. The summed E-state index contributed by atoms with van der Waals surface area (Å²) in [5.74, 6) is -2.03. The standard InChI is InChI=1S/C19H28FN5O3/c1-12(18(21)19(28)25-8-6-24(3)7-9-25)14-4-5-16(15(20)10-14)23-17(27)11-22-13(2)26/h4-5,10,12,18H,6-9,11,21H2,1-3H3,(H,22,26)(H,23,27)/t12-,18+/m0/s1. The molecule has 0 aromatic heterocycles. The van der Waals surface area contributed by atoms with Gasteiger partial charge < -0.3 is 26.2 Å². The van der Waals surface area contributed by atoms with Crippen molar-refractivity contribution in [1.29, 1.82) is 0 Å². The van der Waals surface area contributed by atoms with E-state index in [1.165, 1.54) is 19.1 Å². The molecule has 1 saturated heterocycles. The molecule has 4 N–H and O–H groups in total. The van der Waals surface area contributed by atoms with Crippen LogP contribution in [0.4, 0.5) is 10.1 Å². The summed E-state index contributed by atoms with van der Waals surface area (Å²) in [4.78, 5) is 39.1. The molecule has 0 radical (unpaired) electrons. The zero-order valence-electron chi connectivity index (χ0n) is 16.5. The third kappa shape index (κ3) is 5.74. The van der Waals surface area contributed by atoms with Gasteiger partial charge in [0.1, 0.15) is 5.82 Å². The number of piperazine rings is 1. The highest BCUT2D eigenvalue weighted by atomic mass is 19.1. The number of rotatable bonds is 6. The quantitative estimate of drug-likeness (QED) is 0.636. The number of nitrogens with zero attached hydrogens (tertiary/aromatic N) is 2. The molecule has 28 heavy (non-hydrogen) atoms. The van der Waals surface area contributed by atoms with Crippen LogP contribution >= 0.6 is 0 Å². The van der Waals surface area contributed by atoms with E-state index in [0.717, 1.165) is 13.1 Å². The number of hydrogen-bond donors (Lipinski definition) is 3. The number of nitrogens with one attached hydrogen (secondary N) is 2. The Morgan fingerprint density at radius 2 is 1.86 bits per heavy atom. The van der Waals surface area contributed by atoms with E-state index >= 15 is 0 Å². The van der Waals surface area contributed by atoms with Crippen molar-refractivity contribution in [2.45, 2.75) is 25.8 Å². The van der Waals surface area contributed by atoms with E-state index < -0.39 is 17.8 Å². The SMILES string of the molecule is CC(=O)NCC(=O)Nc1ccc([C@H](C)[C@@H](N)C(=O)N2CCN(C)CC2)cc1F. The molecule has 1 aromatic carbocycles. The molecule has 2 rings (SSSR count). The van der Waals surface area contributed by atoms with E-state index in [0.29, 0.717) is 18.7 Å². The van der Waals surface area contributed by atoms with Crippen LogP contribution in [0.15, 0.2) is 18.2 Å². The first-order valence-corrected chi connectivity index (χ1v) is 9.25. The smallest absolute Gasteiger partial charge is 0.243 e. The number of nitrogens with two attached hydrogens (primary N) is 1. The lowest BCUT2D eigenvalue weighted by Gasteiger charge is -2.35. The topological polar surface area (TPSA) is 108 Å². The minimum absolute atomic E-state index is 0.00488. The number of benzene rings is 1. The zero-order chi connectivity index (χ0) is 20.8. The summed E-state index contributed by atoms with van der Waals surface area (Å²) >= 11 is 0. The molecule has 1 aliphatic heterocycles. The number of carbonyl (C=O) groups is 3. The molecule has 0 saturated carbocycles. The van der Waals surface area contributed by atoms with E-state index in [1.807, 2.05) is 7.05 Å². The summed E-state index contributed by atoms with van der Waals surface area (Å²) < 4.78 is 14.4. The molecule has 1 fully saturated rings. The van der Waals surface area contributed by atoms with Crippen molar-refractivity contribution in [2.24, 2.45) is 5.73 Å². The van der Waals surface area contributed by atoms with Crippen molar-refractivity contribution in [2.75, 3.05) is 45.1 Å². The highest BCUT2D eigenvalue weighted by Crippen LogP contribution is 2.24. The predicted molar refractivity (Wildman–Crippen MR) is 104 cm³/mol. The second-order valence-electron chi connectivity index (χ2n) is 7.14. The van der Waals surface area contributed by atoms with Gasteiger partial charge in [0.25, 0.3) is 0 Å². The lowest BCUT2D eigenvalue weighted by Crippen LogP contribution is -2.53. The highest BCUT2D eigenvalue weighted by Gasteiger charge is 2.29. The third-order valence-corrected chi connectivity index (χ3v) is 4.93. The molecule has 0 unspecified atom stereocenters. The molecular weight excluding hydrogens is 365 g/mol. The number of hydrogen-bond acceptors (Lipinski definition) is 5. The average molecular weight is 393 g/mol. The van der Waals surface area contributed by atoms with E-state index in [4.69, 9.17) is 5.73 Å². The lowest BCUT2D eigenvalue weighted by molar-refractivity contribution is -0.134. The van der Waals surface area contributed by atoms with E-state index in [1.54, 1.807) is 17.9 Å². The molecule has 9 heteroatoms. The van der Waals surface area contributed by atoms with Crippen LogP contribution in [-0.2, 0) is 14.4 Å². The van der Waals surface area contributed by atoms with Gasteiger partial charge in [-0.3, -0.25) is 14.4 Å². The van der Waals surface area contributed by atoms with Crippen molar-refractivity contribution in [1.82, 2.24) is 15.1 Å². The first-order chi connectivity index (χ1) is 13.2. The van der Waals surface area contributed by atoms with Gasteiger partial charge in [-0.1, -0.05) is 13.0 Å². The van der Waals surface area contributed by atoms with Crippen molar-refractivity contribution in [3.8, 4) is 0 Å². The fourth-order valence-electron chi connectivity index (χ4n) is 2.97. The summed E-state index contributed by atoms with van der Waals surface area (Å²) in [5, 5.41) is 4.74. The maximum absolute atomic E-state index is 14.4. The predicted octanol–water partition coefficient (Wildman–Crippen LogP) is 0.105. The Bertz CT molecular complexity index is 734. The first-order valence-electron chi connectivity index (χ1n) is 9.25.